The Bertz CT molecular complexity index is 1280. The van der Waals surface area contributed by atoms with Crippen molar-refractivity contribution in [3.05, 3.63) is 83.6 Å². The molecule has 4 rings (SSSR count). The zero-order chi connectivity index (χ0) is 26.7. The van der Waals surface area contributed by atoms with Crippen molar-refractivity contribution >= 4 is 11.8 Å². The number of aliphatic hydroxyl groups is 1. The van der Waals surface area contributed by atoms with Crippen LogP contribution in [0.2, 0.25) is 0 Å². The van der Waals surface area contributed by atoms with Crippen LogP contribution in [0.3, 0.4) is 0 Å². The average Bonchev–Trinajstić information content (AvgIpc) is 2.90. The second-order valence-electron chi connectivity index (χ2n) is 9.37. The van der Waals surface area contributed by atoms with Crippen molar-refractivity contribution < 1.29 is 28.2 Å². The highest BCUT2D eigenvalue weighted by Crippen LogP contribution is 2.30. The number of rotatable bonds is 6. The van der Waals surface area contributed by atoms with Crippen LogP contribution in [-0.2, 0) is 0 Å². The van der Waals surface area contributed by atoms with Crippen LogP contribution in [-0.4, -0.2) is 70.6 Å². The van der Waals surface area contributed by atoms with E-state index in [0.717, 1.165) is 0 Å². The van der Waals surface area contributed by atoms with Crippen LogP contribution >= 0.6 is 0 Å². The zero-order valence-corrected chi connectivity index (χ0v) is 20.9. The molecule has 1 aliphatic heterocycles. The van der Waals surface area contributed by atoms with Crippen molar-refractivity contribution in [3.8, 4) is 17.0 Å². The normalized spacial score (nSPS) is 18.3. The van der Waals surface area contributed by atoms with Gasteiger partial charge in [0.1, 0.15) is 23.3 Å². The van der Waals surface area contributed by atoms with Crippen LogP contribution in [0.25, 0.3) is 11.1 Å². The van der Waals surface area contributed by atoms with E-state index < -0.39 is 23.9 Å². The van der Waals surface area contributed by atoms with Gasteiger partial charge in [0, 0.05) is 31.3 Å². The molecule has 0 saturated heterocycles. The van der Waals surface area contributed by atoms with Gasteiger partial charge in [-0.2, -0.15) is 0 Å². The highest BCUT2D eigenvalue weighted by Gasteiger charge is 2.35. The van der Waals surface area contributed by atoms with Crippen molar-refractivity contribution in [1.82, 2.24) is 14.8 Å². The molecule has 0 radical (unpaired) electrons. The van der Waals surface area contributed by atoms with Gasteiger partial charge in [-0.3, -0.25) is 9.59 Å². The summed E-state index contributed by atoms with van der Waals surface area (Å²) in [6.07, 6.45) is 0.960. The lowest BCUT2D eigenvalue weighted by atomic mass is 9.99. The van der Waals surface area contributed by atoms with Crippen LogP contribution in [0, 0.1) is 17.6 Å². The molecular formula is C28H29F2N3O4. The molecule has 0 spiro atoms. The van der Waals surface area contributed by atoms with Crippen molar-refractivity contribution in [2.24, 2.45) is 5.92 Å². The average molecular weight is 510 g/mol. The summed E-state index contributed by atoms with van der Waals surface area (Å²) < 4.78 is 33.8. The number of aliphatic hydroxyl groups excluding tert-OH is 1. The standard InChI is InChI=1S/C28H29F2N3O4/c1-17-14-33(18(2)16-34)28(36)23-12-20(19-8-10-21(29)11-9-19)13-31-26(23)37-25(17)15-32(3)27(35)22-6-4-5-7-24(22)30/h4-13,17-18,25,34H,14-16H2,1-3H3/t17-,18+,25+/m0/s1. The van der Waals surface area contributed by atoms with Crippen LogP contribution < -0.4 is 4.74 Å². The van der Waals surface area contributed by atoms with Gasteiger partial charge in [-0.25, -0.2) is 13.8 Å². The Kier molecular flexibility index (Phi) is 7.83. The molecular weight excluding hydrogens is 480 g/mol. The van der Waals surface area contributed by atoms with Crippen LogP contribution in [0.1, 0.15) is 34.6 Å². The number of benzene rings is 2. The number of pyridine rings is 1. The lowest BCUT2D eigenvalue weighted by Gasteiger charge is -2.37. The van der Waals surface area contributed by atoms with Gasteiger partial charge in [-0.1, -0.05) is 31.2 Å². The summed E-state index contributed by atoms with van der Waals surface area (Å²) in [6, 6.07) is 12.8. The molecule has 37 heavy (non-hydrogen) atoms. The van der Waals surface area contributed by atoms with Crippen LogP contribution in [0.15, 0.2) is 60.8 Å². The van der Waals surface area contributed by atoms with Gasteiger partial charge in [0.15, 0.2) is 0 Å². The number of aromatic nitrogens is 1. The number of carbonyl (C=O) groups is 2. The number of carbonyl (C=O) groups excluding carboxylic acids is 2. The number of fused-ring (bicyclic) bond motifs is 1. The Hall–Kier alpha value is -3.85. The minimum atomic E-state index is -0.611. The summed E-state index contributed by atoms with van der Waals surface area (Å²) in [6.45, 7) is 3.76. The maximum atomic E-state index is 14.2. The van der Waals surface area contributed by atoms with Gasteiger partial charge in [0.05, 0.1) is 24.8 Å². The number of likely N-dealkylation sites (N-methyl/N-ethyl adjacent to an activating group) is 1. The van der Waals surface area contributed by atoms with E-state index in [-0.39, 0.29) is 54.3 Å². The minimum absolute atomic E-state index is 0.0448. The number of hydrogen-bond donors (Lipinski definition) is 1. The van der Waals surface area contributed by atoms with Gasteiger partial charge in [0.2, 0.25) is 5.88 Å². The third-order valence-corrected chi connectivity index (χ3v) is 6.60. The Morgan fingerprint density at radius 3 is 2.57 bits per heavy atom. The van der Waals surface area contributed by atoms with E-state index in [9.17, 15) is 23.5 Å². The van der Waals surface area contributed by atoms with E-state index in [1.807, 2.05) is 6.92 Å². The highest BCUT2D eigenvalue weighted by molar-refractivity contribution is 5.98. The van der Waals surface area contributed by atoms with E-state index in [1.54, 1.807) is 43.1 Å². The number of ether oxygens (including phenoxy) is 1. The van der Waals surface area contributed by atoms with Gasteiger partial charge >= 0.3 is 0 Å². The summed E-state index contributed by atoms with van der Waals surface area (Å²) in [5.41, 5.74) is 1.43. The highest BCUT2D eigenvalue weighted by atomic mass is 19.1. The van der Waals surface area contributed by atoms with Crippen molar-refractivity contribution in [1.29, 1.82) is 0 Å². The number of halogens is 2. The Morgan fingerprint density at radius 1 is 1.19 bits per heavy atom. The maximum absolute atomic E-state index is 14.2. The van der Waals surface area contributed by atoms with Crippen molar-refractivity contribution in [2.45, 2.75) is 26.0 Å². The van der Waals surface area contributed by atoms with Gasteiger partial charge in [-0.15, -0.1) is 0 Å². The lowest BCUT2D eigenvalue weighted by Crippen LogP contribution is -2.50. The third-order valence-electron chi connectivity index (χ3n) is 6.60. The van der Waals surface area contributed by atoms with E-state index in [4.69, 9.17) is 4.74 Å². The second-order valence-corrected chi connectivity index (χ2v) is 9.37. The maximum Gasteiger partial charge on any atom is 0.259 e. The molecule has 0 fully saturated rings. The molecule has 0 aliphatic carbocycles. The fourth-order valence-corrected chi connectivity index (χ4v) is 4.31. The molecule has 2 aromatic carbocycles. The fourth-order valence-electron chi connectivity index (χ4n) is 4.31. The number of amides is 2. The second kappa shape index (κ2) is 11.0. The molecule has 0 bridgehead atoms. The molecule has 3 aromatic rings. The molecule has 0 saturated carbocycles. The fraction of sp³-hybridized carbons (Fsp3) is 0.321. The third kappa shape index (κ3) is 5.61. The summed E-state index contributed by atoms with van der Waals surface area (Å²) in [5, 5.41) is 9.83. The summed E-state index contributed by atoms with van der Waals surface area (Å²) in [7, 11) is 1.56. The summed E-state index contributed by atoms with van der Waals surface area (Å²) >= 11 is 0. The first-order valence-corrected chi connectivity index (χ1v) is 12.0. The lowest BCUT2D eigenvalue weighted by molar-refractivity contribution is 0.0312. The molecule has 9 heteroatoms. The molecule has 1 N–H and O–H groups in total. The topological polar surface area (TPSA) is 83.0 Å². The van der Waals surface area contributed by atoms with Gasteiger partial charge in [-0.05, 0) is 42.8 Å². The minimum Gasteiger partial charge on any atom is -0.472 e. The number of hydrogen-bond acceptors (Lipinski definition) is 5. The van der Waals surface area contributed by atoms with Crippen LogP contribution in [0.5, 0.6) is 5.88 Å². The molecule has 194 valence electrons. The first kappa shape index (κ1) is 26.2. The first-order valence-electron chi connectivity index (χ1n) is 12.0. The van der Waals surface area contributed by atoms with Crippen molar-refractivity contribution in [2.75, 3.05) is 26.7 Å². The quantitative estimate of drug-likeness (QED) is 0.543. The molecule has 2 heterocycles. The van der Waals surface area contributed by atoms with Crippen molar-refractivity contribution in [3.63, 3.8) is 0 Å². The van der Waals surface area contributed by atoms with E-state index in [2.05, 4.69) is 4.98 Å². The molecule has 3 atom stereocenters. The molecule has 1 aliphatic rings. The van der Waals surface area contributed by atoms with E-state index >= 15 is 0 Å². The Morgan fingerprint density at radius 2 is 1.89 bits per heavy atom. The zero-order valence-electron chi connectivity index (χ0n) is 20.9. The predicted octanol–water partition coefficient (Wildman–Crippen LogP) is 4.02. The molecule has 0 unspecified atom stereocenters. The summed E-state index contributed by atoms with van der Waals surface area (Å²) in [5.74, 6) is -1.99. The molecule has 1 aromatic heterocycles. The van der Waals surface area contributed by atoms with E-state index in [1.165, 1.54) is 41.4 Å². The molecule has 2 amide bonds. The smallest absolute Gasteiger partial charge is 0.259 e. The predicted molar refractivity (Wildman–Crippen MR) is 134 cm³/mol. The molecule has 7 nitrogen and oxygen atoms in total. The Labute approximate surface area is 214 Å². The van der Waals surface area contributed by atoms with Gasteiger partial charge in [0.25, 0.3) is 11.8 Å². The first-order chi connectivity index (χ1) is 17.7. The number of nitrogens with zero attached hydrogens (tertiary/aromatic N) is 3. The summed E-state index contributed by atoms with van der Waals surface area (Å²) in [4.78, 5) is 33.9. The largest absolute Gasteiger partial charge is 0.472 e. The van der Waals surface area contributed by atoms with Crippen LogP contribution in [0.4, 0.5) is 8.78 Å². The van der Waals surface area contributed by atoms with E-state index in [0.29, 0.717) is 11.1 Å². The monoisotopic (exact) mass is 509 g/mol. The Balaban J connectivity index is 1.68. The van der Waals surface area contributed by atoms with Gasteiger partial charge < -0.3 is 19.6 Å². The SMILES string of the molecule is C[C@H](CO)N1C[C@H](C)[C@@H](CN(C)C(=O)c2ccccc2F)Oc2ncc(-c3ccc(F)cc3)cc2C1=O.